The molecular weight excluding hydrogens is 148 g/mol. The van der Waals surface area contributed by atoms with Gasteiger partial charge < -0.3 is 5.73 Å². The van der Waals surface area contributed by atoms with Crippen molar-refractivity contribution in [3.05, 3.63) is 0 Å². The molecule has 12 heavy (non-hydrogen) atoms. The first kappa shape index (κ1) is 11.5. The topological polar surface area (TPSA) is 38.4 Å². The highest BCUT2D eigenvalue weighted by atomic mass is 14.8. The van der Waals surface area contributed by atoms with Crippen LogP contribution < -0.4 is 5.73 Å². The number of hydrogen-bond donors (Lipinski definition) is 1. The lowest BCUT2D eigenvalue weighted by Crippen LogP contribution is -2.16. The molecule has 72 valence electrons. The highest BCUT2D eigenvalue weighted by Gasteiger charge is 2.08. The lowest BCUT2D eigenvalue weighted by atomic mass is 9.93. The maximum Gasteiger partial charge on any atom is 0.0936 e. The van der Waals surface area contributed by atoms with E-state index in [4.69, 9.17) is 5.73 Å². The Morgan fingerprint density at radius 1 is 1.33 bits per heavy atom. The van der Waals surface area contributed by atoms with Crippen LogP contribution in [0.3, 0.4) is 0 Å². The van der Waals surface area contributed by atoms with Crippen molar-refractivity contribution in [2.24, 2.45) is 22.6 Å². The number of rotatable bonds is 5. The van der Waals surface area contributed by atoms with Crippen molar-refractivity contribution >= 4 is 5.84 Å². The molecule has 0 aromatic heterocycles. The van der Waals surface area contributed by atoms with Crippen LogP contribution in [0.5, 0.6) is 0 Å². The summed E-state index contributed by atoms with van der Waals surface area (Å²) in [6.07, 6.45) is 3.46. The van der Waals surface area contributed by atoms with E-state index in [1.165, 1.54) is 12.8 Å². The summed E-state index contributed by atoms with van der Waals surface area (Å²) in [5.74, 6) is 2.26. The van der Waals surface area contributed by atoms with Crippen LogP contribution in [0.25, 0.3) is 0 Å². The zero-order valence-electron chi connectivity index (χ0n) is 8.80. The lowest BCUT2D eigenvalue weighted by molar-refractivity contribution is 0.414. The first-order valence-electron chi connectivity index (χ1n) is 4.81. The van der Waals surface area contributed by atoms with E-state index in [0.29, 0.717) is 5.92 Å². The van der Waals surface area contributed by atoms with Crippen LogP contribution in [0.1, 0.15) is 40.0 Å². The lowest BCUT2D eigenvalue weighted by Gasteiger charge is -2.14. The van der Waals surface area contributed by atoms with E-state index < -0.39 is 0 Å². The molecule has 0 spiro atoms. The normalized spacial score (nSPS) is 17.5. The molecule has 0 saturated heterocycles. The van der Waals surface area contributed by atoms with Crippen molar-refractivity contribution in [3.63, 3.8) is 0 Å². The van der Waals surface area contributed by atoms with Gasteiger partial charge in [0.05, 0.1) is 5.84 Å². The number of nitrogens with two attached hydrogens (primary N) is 1. The maximum atomic E-state index is 5.64. The zero-order chi connectivity index (χ0) is 9.56. The molecule has 0 rings (SSSR count). The first-order chi connectivity index (χ1) is 5.60. The molecule has 0 aliphatic rings. The third-order valence-corrected chi connectivity index (χ3v) is 2.35. The first-order valence-corrected chi connectivity index (χ1v) is 4.81. The molecule has 2 N–H and O–H groups in total. The van der Waals surface area contributed by atoms with Gasteiger partial charge in [0.1, 0.15) is 0 Å². The van der Waals surface area contributed by atoms with E-state index in [9.17, 15) is 0 Å². The largest absolute Gasteiger partial charge is 0.387 e. The van der Waals surface area contributed by atoms with Gasteiger partial charge in [0.15, 0.2) is 0 Å². The smallest absolute Gasteiger partial charge is 0.0936 e. The molecular formula is C10H22N2. The minimum atomic E-state index is 0.670. The molecule has 2 heteroatoms. The Balaban J connectivity index is 3.66. The average Bonchev–Trinajstić information content (AvgIpc) is 2.03. The van der Waals surface area contributed by atoms with E-state index in [1.807, 2.05) is 0 Å². The summed E-state index contributed by atoms with van der Waals surface area (Å²) in [7, 11) is 1.76. The third-order valence-electron chi connectivity index (χ3n) is 2.35. The second kappa shape index (κ2) is 6.04. The Morgan fingerprint density at radius 2 is 1.92 bits per heavy atom. The van der Waals surface area contributed by atoms with Gasteiger partial charge in [0.2, 0.25) is 0 Å². The Bertz CT molecular complexity index is 141. The van der Waals surface area contributed by atoms with E-state index >= 15 is 0 Å². The van der Waals surface area contributed by atoms with Crippen molar-refractivity contribution in [1.29, 1.82) is 0 Å². The predicted octanol–water partition coefficient (Wildman–Crippen LogP) is 2.44. The highest BCUT2D eigenvalue weighted by molar-refractivity contribution is 5.80. The Kier molecular flexibility index (Phi) is 5.77. The summed E-state index contributed by atoms with van der Waals surface area (Å²) >= 11 is 0. The molecule has 0 bridgehead atoms. The van der Waals surface area contributed by atoms with Gasteiger partial charge in [-0.2, -0.15) is 0 Å². The summed E-state index contributed by atoms with van der Waals surface area (Å²) in [5.41, 5.74) is 5.64. The summed E-state index contributed by atoms with van der Waals surface area (Å²) < 4.78 is 0. The number of hydrogen-bond acceptors (Lipinski definition) is 1. The molecule has 1 unspecified atom stereocenters. The van der Waals surface area contributed by atoms with Gasteiger partial charge in [-0.05, 0) is 18.3 Å². The molecule has 0 saturated carbocycles. The molecule has 2 nitrogen and oxygen atoms in total. The summed E-state index contributed by atoms with van der Waals surface area (Å²) in [5, 5.41) is 0. The minimum absolute atomic E-state index is 0.670. The van der Waals surface area contributed by atoms with Gasteiger partial charge in [-0.1, -0.05) is 27.2 Å². The fourth-order valence-corrected chi connectivity index (χ4v) is 1.39. The van der Waals surface area contributed by atoms with E-state index in [1.54, 1.807) is 7.05 Å². The van der Waals surface area contributed by atoms with Gasteiger partial charge in [0.25, 0.3) is 0 Å². The van der Waals surface area contributed by atoms with Crippen molar-refractivity contribution in [2.45, 2.75) is 40.0 Å². The Labute approximate surface area is 76.3 Å². The molecule has 0 amide bonds. The van der Waals surface area contributed by atoms with Crippen LogP contribution in [0.4, 0.5) is 0 Å². The highest BCUT2D eigenvalue weighted by Crippen LogP contribution is 2.17. The minimum Gasteiger partial charge on any atom is -0.387 e. The number of aliphatic imine (C=N–C) groups is 1. The predicted molar refractivity (Wildman–Crippen MR) is 55.4 cm³/mol. The van der Waals surface area contributed by atoms with Gasteiger partial charge in [-0.25, -0.2) is 0 Å². The summed E-state index contributed by atoms with van der Waals surface area (Å²) in [6.45, 7) is 6.76. The molecule has 0 aromatic carbocycles. The molecule has 2 atom stereocenters. The molecule has 0 fully saturated rings. The van der Waals surface area contributed by atoms with Gasteiger partial charge >= 0.3 is 0 Å². The van der Waals surface area contributed by atoms with Crippen LogP contribution in [-0.2, 0) is 0 Å². The maximum absolute atomic E-state index is 5.64. The SMILES string of the molecule is CCC(C)C[C@@H](C)CC(N)=NC. The zero-order valence-corrected chi connectivity index (χ0v) is 8.80. The van der Waals surface area contributed by atoms with Crippen LogP contribution in [0.2, 0.25) is 0 Å². The molecule has 0 heterocycles. The van der Waals surface area contributed by atoms with Gasteiger partial charge in [-0.15, -0.1) is 0 Å². The van der Waals surface area contributed by atoms with E-state index in [0.717, 1.165) is 18.2 Å². The van der Waals surface area contributed by atoms with Crippen LogP contribution in [-0.4, -0.2) is 12.9 Å². The van der Waals surface area contributed by atoms with Crippen molar-refractivity contribution < 1.29 is 0 Å². The van der Waals surface area contributed by atoms with Crippen LogP contribution >= 0.6 is 0 Å². The fraction of sp³-hybridized carbons (Fsp3) is 0.900. The molecule has 0 radical (unpaired) electrons. The number of amidine groups is 1. The Hall–Kier alpha value is -0.530. The molecule has 0 aliphatic heterocycles. The Morgan fingerprint density at radius 3 is 2.33 bits per heavy atom. The summed E-state index contributed by atoms with van der Waals surface area (Å²) in [6, 6.07) is 0. The monoisotopic (exact) mass is 170 g/mol. The third kappa shape index (κ3) is 5.16. The van der Waals surface area contributed by atoms with Crippen LogP contribution in [0, 0.1) is 11.8 Å². The molecule has 0 aromatic rings. The average molecular weight is 170 g/mol. The van der Waals surface area contributed by atoms with Crippen molar-refractivity contribution in [2.75, 3.05) is 7.05 Å². The fourth-order valence-electron chi connectivity index (χ4n) is 1.39. The van der Waals surface area contributed by atoms with Crippen molar-refractivity contribution in [3.8, 4) is 0 Å². The van der Waals surface area contributed by atoms with E-state index in [2.05, 4.69) is 25.8 Å². The number of nitrogens with zero attached hydrogens (tertiary/aromatic N) is 1. The quantitative estimate of drug-likeness (QED) is 0.499. The van der Waals surface area contributed by atoms with E-state index in [-0.39, 0.29) is 0 Å². The standard InChI is InChI=1S/C10H22N2/c1-5-8(2)6-9(3)7-10(11)12-4/h8-9H,5-7H2,1-4H3,(H2,11,12)/t8?,9-/m1/s1. The second-order valence-electron chi connectivity index (χ2n) is 3.77. The van der Waals surface area contributed by atoms with Crippen LogP contribution in [0.15, 0.2) is 4.99 Å². The van der Waals surface area contributed by atoms with Crippen molar-refractivity contribution in [1.82, 2.24) is 0 Å². The van der Waals surface area contributed by atoms with Gasteiger partial charge in [0, 0.05) is 13.5 Å². The van der Waals surface area contributed by atoms with Gasteiger partial charge in [-0.3, -0.25) is 4.99 Å². The molecule has 0 aliphatic carbocycles. The summed E-state index contributed by atoms with van der Waals surface area (Å²) in [4.78, 5) is 3.96. The second-order valence-corrected chi connectivity index (χ2v) is 3.77.